The van der Waals surface area contributed by atoms with Gasteiger partial charge < -0.3 is 5.32 Å². The number of halogens is 1. The molecule has 21 heavy (non-hydrogen) atoms. The fourth-order valence-corrected chi connectivity index (χ4v) is 2.06. The molecule has 0 aliphatic heterocycles. The lowest BCUT2D eigenvalue weighted by Gasteiger charge is -2.09. The molecule has 0 spiro atoms. The first-order valence-corrected chi connectivity index (χ1v) is 6.84. The second-order valence-corrected chi connectivity index (χ2v) is 4.91. The Labute approximate surface area is 123 Å². The fraction of sp³-hybridized carbons (Fsp3) is 0.312. The maximum atomic E-state index is 13.1. The van der Waals surface area contributed by atoms with Gasteiger partial charge in [0.15, 0.2) is 5.82 Å². The number of nitrogens with one attached hydrogen (secondary N) is 1. The largest absolute Gasteiger partial charge is 0.367 e. The molecule has 0 unspecified atom stereocenters. The van der Waals surface area contributed by atoms with Crippen LogP contribution in [0, 0.1) is 31.0 Å². The van der Waals surface area contributed by atoms with E-state index < -0.39 is 0 Å². The van der Waals surface area contributed by atoms with Crippen molar-refractivity contribution in [2.45, 2.75) is 26.7 Å². The lowest BCUT2D eigenvalue weighted by atomic mass is 10.1. The Morgan fingerprint density at radius 3 is 2.81 bits per heavy atom. The van der Waals surface area contributed by atoms with E-state index in [4.69, 9.17) is 0 Å². The van der Waals surface area contributed by atoms with Crippen molar-refractivity contribution in [3.8, 4) is 6.07 Å². The highest BCUT2D eigenvalue weighted by Gasteiger charge is 2.09. The first-order chi connectivity index (χ1) is 10.1. The normalized spacial score (nSPS) is 10.2. The highest BCUT2D eigenvalue weighted by atomic mass is 19.1. The molecule has 0 bridgehead atoms. The number of hydrogen-bond donors (Lipinski definition) is 1. The molecule has 1 N–H and O–H groups in total. The highest BCUT2D eigenvalue weighted by molar-refractivity contribution is 5.55. The molecule has 0 saturated carbocycles. The van der Waals surface area contributed by atoms with Crippen molar-refractivity contribution in [1.29, 1.82) is 5.26 Å². The van der Waals surface area contributed by atoms with E-state index >= 15 is 0 Å². The summed E-state index contributed by atoms with van der Waals surface area (Å²) < 4.78 is 13.1. The zero-order valence-corrected chi connectivity index (χ0v) is 12.2. The van der Waals surface area contributed by atoms with Crippen LogP contribution in [-0.2, 0) is 6.42 Å². The average Bonchev–Trinajstić information content (AvgIpc) is 2.47. The molecule has 1 aromatic heterocycles. The average molecular weight is 284 g/mol. The second kappa shape index (κ2) is 6.80. The molecule has 5 heteroatoms. The van der Waals surface area contributed by atoms with E-state index in [1.165, 1.54) is 12.1 Å². The highest BCUT2D eigenvalue weighted by Crippen LogP contribution is 2.17. The van der Waals surface area contributed by atoms with E-state index in [-0.39, 0.29) is 5.82 Å². The van der Waals surface area contributed by atoms with Crippen molar-refractivity contribution in [3.05, 3.63) is 52.5 Å². The van der Waals surface area contributed by atoms with Crippen LogP contribution in [0.5, 0.6) is 0 Å². The summed E-state index contributed by atoms with van der Waals surface area (Å²) in [5.41, 5.74) is 3.11. The second-order valence-electron chi connectivity index (χ2n) is 4.91. The number of aryl methyl sites for hydroxylation is 2. The summed E-state index contributed by atoms with van der Waals surface area (Å²) in [6.07, 6.45) is 1.59. The number of anilines is 1. The summed E-state index contributed by atoms with van der Waals surface area (Å²) in [6.45, 7) is 4.35. The predicted molar refractivity (Wildman–Crippen MR) is 79.4 cm³/mol. The van der Waals surface area contributed by atoms with Gasteiger partial charge in [0.05, 0.1) is 5.69 Å². The number of rotatable bonds is 5. The van der Waals surface area contributed by atoms with E-state index in [9.17, 15) is 9.65 Å². The van der Waals surface area contributed by atoms with E-state index in [1.807, 2.05) is 19.9 Å². The summed E-state index contributed by atoms with van der Waals surface area (Å²) in [5, 5.41) is 20.4. The Morgan fingerprint density at radius 1 is 1.29 bits per heavy atom. The first-order valence-electron chi connectivity index (χ1n) is 6.84. The molecule has 0 fully saturated rings. The molecule has 4 nitrogen and oxygen atoms in total. The van der Waals surface area contributed by atoms with Crippen LogP contribution >= 0.6 is 0 Å². The molecule has 0 radical (unpaired) electrons. The van der Waals surface area contributed by atoms with Crippen LogP contribution in [0.1, 0.15) is 28.8 Å². The van der Waals surface area contributed by atoms with Gasteiger partial charge >= 0.3 is 0 Å². The van der Waals surface area contributed by atoms with Gasteiger partial charge in [-0.25, -0.2) is 4.39 Å². The smallest absolute Gasteiger partial charge is 0.166 e. The number of nitriles is 1. The third kappa shape index (κ3) is 3.76. The molecular weight excluding hydrogens is 267 g/mol. The molecule has 1 aromatic carbocycles. The van der Waals surface area contributed by atoms with Crippen LogP contribution in [0.3, 0.4) is 0 Å². The SMILES string of the molecule is Cc1nnc(NCCCc2cccc(F)c2)c(C#N)c1C. The first kappa shape index (κ1) is 14.9. The minimum atomic E-state index is -0.216. The third-order valence-electron chi connectivity index (χ3n) is 3.39. The molecule has 0 saturated heterocycles. The van der Waals surface area contributed by atoms with Crippen LogP contribution in [0.2, 0.25) is 0 Å². The number of hydrogen-bond acceptors (Lipinski definition) is 4. The van der Waals surface area contributed by atoms with E-state index in [2.05, 4.69) is 21.6 Å². The lowest BCUT2D eigenvalue weighted by molar-refractivity contribution is 0.624. The molecule has 0 amide bonds. The summed E-state index contributed by atoms with van der Waals surface area (Å²) in [4.78, 5) is 0. The predicted octanol–water partition coefficient (Wildman–Crippen LogP) is 3.15. The zero-order chi connectivity index (χ0) is 15.2. The minimum Gasteiger partial charge on any atom is -0.367 e. The molecule has 1 heterocycles. The van der Waals surface area contributed by atoms with Crippen molar-refractivity contribution < 1.29 is 4.39 Å². The summed E-state index contributed by atoms with van der Waals surface area (Å²) in [7, 11) is 0. The Kier molecular flexibility index (Phi) is 4.83. The summed E-state index contributed by atoms with van der Waals surface area (Å²) in [6, 6.07) is 8.74. The maximum absolute atomic E-state index is 13.1. The molecule has 0 aliphatic rings. The van der Waals surface area contributed by atoms with Crippen LogP contribution in [-0.4, -0.2) is 16.7 Å². The van der Waals surface area contributed by atoms with Gasteiger partial charge in [0.2, 0.25) is 0 Å². The topological polar surface area (TPSA) is 61.6 Å². The van der Waals surface area contributed by atoms with Crippen molar-refractivity contribution in [2.75, 3.05) is 11.9 Å². The monoisotopic (exact) mass is 284 g/mol. The van der Waals surface area contributed by atoms with Crippen molar-refractivity contribution in [3.63, 3.8) is 0 Å². The molecule has 0 atom stereocenters. The number of nitrogens with zero attached hydrogens (tertiary/aromatic N) is 3. The standard InChI is InChI=1S/C16H17FN4/c1-11-12(2)20-21-16(15(11)10-18)19-8-4-6-13-5-3-7-14(17)9-13/h3,5,7,9H,4,6,8H2,1-2H3,(H,19,21). The number of benzene rings is 1. The van der Waals surface area contributed by atoms with Gasteiger partial charge in [0.1, 0.15) is 17.4 Å². The van der Waals surface area contributed by atoms with Crippen LogP contribution in [0.25, 0.3) is 0 Å². The quantitative estimate of drug-likeness (QED) is 0.857. The lowest BCUT2D eigenvalue weighted by Crippen LogP contribution is -2.09. The summed E-state index contributed by atoms with van der Waals surface area (Å²) >= 11 is 0. The van der Waals surface area contributed by atoms with Crippen LogP contribution in [0.4, 0.5) is 10.2 Å². The van der Waals surface area contributed by atoms with Gasteiger partial charge in [-0.3, -0.25) is 0 Å². The Balaban J connectivity index is 1.93. The van der Waals surface area contributed by atoms with Crippen molar-refractivity contribution >= 4 is 5.82 Å². The van der Waals surface area contributed by atoms with Gasteiger partial charge in [-0.1, -0.05) is 12.1 Å². The van der Waals surface area contributed by atoms with Gasteiger partial charge in [-0.2, -0.15) is 10.4 Å². The van der Waals surface area contributed by atoms with Gasteiger partial charge in [-0.05, 0) is 49.9 Å². The molecule has 108 valence electrons. The van der Waals surface area contributed by atoms with E-state index in [0.717, 1.165) is 29.7 Å². The minimum absolute atomic E-state index is 0.216. The zero-order valence-electron chi connectivity index (χ0n) is 12.2. The van der Waals surface area contributed by atoms with Crippen molar-refractivity contribution in [2.24, 2.45) is 0 Å². The van der Waals surface area contributed by atoms with Crippen LogP contribution < -0.4 is 5.32 Å². The van der Waals surface area contributed by atoms with Crippen LogP contribution in [0.15, 0.2) is 24.3 Å². The maximum Gasteiger partial charge on any atom is 0.166 e. The Hall–Kier alpha value is -2.48. The summed E-state index contributed by atoms with van der Waals surface area (Å²) in [5.74, 6) is 0.298. The van der Waals surface area contributed by atoms with Crippen molar-refractivity contribution in [1.82, 2.24) is 10.2 Å². The van der Waals surface area contributed by atoms with Gasteiger partial charge in [0, 0.05) is 6.54 Å². The molecular formula is C16H17FN4. The third-order valence-corrected chi connectivity index (χ3v) is 3.39. The van der Waals surface area contributed by atoms with E-state index in [0.29, 0.717) is 17.9 Å². The van der Waals surface area contributed by atoms with Gasteiger partial charge in [0.25, 0.3) is 0 Å². The molecule has 0 aliphatic carbocycles. The molecule has 2 rings (SSSR count). The molecule has 2 aromatic rings. The fourth-order valence-electron chi connectivity index (χ4n) is 2.06. The Morgan fingerprint density at radius 2 is 2.10 bits per heavy atom. The Bertz CT molecular complexity index is 676. The van der Waals surface area contributed by atoms with E-state index in [1.54, 1.807) is 6.07 Å². The number of aromatic nitrogens is 2. The van der Waals surface area contributed by atoms with Gasteiger partial charge in [-0.15, -0.1) is 5.10 Å².